The molecule has 0 bridgehead atoms. The topological polar surface area (TPSA) is 86.3 Å². The number of carbonyl (C=O) groups is 1. The molecule has 0 saturated heterocycles. The minimum absolute atomic E-state index is 0.105. The number of aromatic carboxylic acids is 1. The summed E-state index contributed by atoms with van der Waals surface area (Å²) in [7, 11) is 3.99. The molecule has 3 aromatic rings. The van der Waals surface area contributed by atoms with Crippen molar-refractivity contribution < 1.29 is 9.90 Å². The highest BCUT2D eigenvalue weighted by Gasteiger charge is 2.09. The Morgan fingerprint density at radius 1 is 1.17 bits per heavy atom. The van der Waals surface area contributed by atoms with E-state index in [2.05, 4.69) is 14.9 Å². The number of nitrogens with one attached hydrogen (secondary N) is 1. The molecule has 1 heterocycles. The maximum absolute atomic E-state index is 12.2. The van der Waals surface area contributed by atoms with Crippen LogP contribution in [0.1, 0.15) is 15.9 Å². The SMILES string of the molecule is CN(C)Cc1ccc(-c2nc3cc(C(=O)O)ccc3c(=O)[nH]2)cc1. The van der Waals surface area contributed by atoms with Crippen molar-refractivity contribution in [2.75, 3.05) is 14.1 Å². The average Bonchev–Trinajstić information content (AvgIpc) is 2.54. The van der Waals surface area contributed by atoms with Gasteiger partial charge in [-0.2, -0.15) is 0 Å². The molecule has 2 N–H and O–H groups in total. The zero-order chi connectivity index (χ0) is 17.3. The van der Waals surface area contributed by atoms with Gasteiger partial charge >= 0.3 is 5.97 Å². The van der Waals surface area contributed by atoms with Crippen molar-refractivity contribution in [1.82, 2.24) is 14.9 Å². The Labute approximate surface area is 138 Å². The molecule has 0 aliphatic carbocycles. The lowest BCUT2D eigenvalue weighted by Gasteiger charge is -2.10. The van der Waals surface area contributed by atoms with Gasteiger partial charge in [0.2, 0.25) is 0 Å². The first kappa shape index (κ1) is 15.9. The van der Waals surface area contributed by atoms with Crippen molar-refractivity contribution in [2.45, 2.75) is 6.54 Å². The second-order valence-electron chi connectivity index (χ2n) is 5.89. The summed E-state index contributed by atoms with van der Waals surface area (Å²) in [4.78, 5) is 32.5. The average molecular weight is 323 g/mol. The Morgan fingerprint density at radius 3 is 2.50 bits per heavy atom. The fraction of sp³-hybridized carbons (Fsp3) is 0.167. The van der Waals surface area contributed by atoms with Crippen LogP contribution >= 0.6 is 0 Å². The van der Waals surface area contributed by atoms with Crippen LogP contribution in [-0.4, -0.2) is 40.0 Å². The van der Waals surface area contributed by atoms with Gasteiger partial charge < -0.3 is 15.0 Å². The molecule has 122 valence electrons. The second-order valence-corrected chi connectivity index (χ2v) is 5.89. The molecule has 0 spiro atoms. The van der Waals surface area contributed by atoms with Crippen molar-refractivity contribution in [3.05, 3.63) is 63.9 Å². The van der Waals surface area contributed by atoms with E-state index in [-0.39, 0.29) is 11.1 Å². The van der Waals surface area contributed by atoms with Crippen molar-refractivity contribution in [1.29, 1.82) is 0 Å². The van der Waals surface area contributed by atoms with Gasteiger partial charge in [0.25, 0.3) is 5.56 Å². The highest BCUT2D eigenvalue weighted by Crippen LogP contribution is 2.18. The van der Waals surface area contributed by atoms with Crippen molar-refractivity contribution >= 4 is 16.9 Å². The van der Waals surface area contributed by atoms with Crippen LogP contribution in [0.15, 0.2) is 47.3 Å². The van der Waals surface area contributed by atoms with E-state index >= 15 is 0 Å². The largest absolute Gasteiger partial charge is 0.478 e. The number of carboxylic acid groups (broad SMARTS) is 1. The number of fused-ring (bicyclic) bond motifs is 1. The highest BCUT2D eigenvalue weighted by atomic mass is 16.4. The van der Waals surface area contributed by atoms with Gasteiger partial charge in [0.15, 0.2) is 0 Å². The maximum Gasteiger partial charge on any atom is 0.335 e. The fourth-order valence-electron chi connectivity index (χ4n) is 2.54. The van der Waals surface area contributed by atoms with Crippen LogP contribution in [0.5, 0.6) is 0 Å². The highest BCUT2D eigenvalue weighted by molar-refractivity contribution is 5.93. The van der Waals surface area contributed by atoms with Crippen LogP contribution in [0.4, 0.5) is 0 Å². The Kier molecular flexibility index (Phi) is 4.14. The summed E-state index contributed by atoms with van der Waals surface area (Å²) < 4.78 is 0. The van der Waals surface area contributed by atoms with Gasteiger partial charge in [-0.3, -0.25) is 4.79 Å². The molecule has 0 unspecified atom stereocenters. The number of hydrogen-bond acceptors (Lipinski definition) is 4. The number of aromatic amines is 1. The van der Waals surface area contributed by atoms with E-state index in [9.17, 15) is 9.59 Å². The van der Waals surface area contributed by atoms with Gasteiger partial charge in [-0.05, 0) is 37.9 Å². The maximum atomic E-state index is 12.2. The second kappa shape index (κ2) is 6.25. The lowest BCUT2D eigenvalue weighted by atomic mass is 10.1. The van der Waals surface area contributed by atoms with Gasteiger partial charge in [0.1, 0.15) is 5.82 Å². The summed E-state index contributed by atoms with van der Waals surface area (Å²) in [6, 6.07) is 12.0. The van der Waals surface area contributed by atoms with Crippen LogP contribution in [0.2, 0.25) is 0 Å². The van der Waals surface area contributed by atoms with E-state index in [0.717, 1.165) is 17.7 Å². The summed E-state index contributed by atoms with van der Waals surface area (Å²) in [6.07, 6.45) is 0. The summed E-state index contributed by atoms with van der Waals surface area (Å²) in [5.74, 6) is -0.625. The van der Waals surface area contributed by atoms with Crippen LogP contribution in [0.3, 0.4) is 0 Å². The summed E-state index contributed by atoms with van der Waals surface area (Å²) in [5.41, 5.74) is 2.11. The molecular weight excluding hydrogens is 306 g/mol. The molecule has 0 radical (unpaired) electrons. The van der Waals surface area contributed by atoms with Gasteiger partial charge in [-0.25, -0.2) is 9.78 Å². The third kappa shape index (κ3) is 3.18. The first-order valence-electron chi connectivity index (χ1n) is 7.45. The van der Waals surface area contributed by atoms with Crippen LogP contribution in [0, 0.1) is 0 Å². The lowest BCUT2D eigenvalue weighted by Crippen LogP contribution is -2.11. The van der Waals surface area contributed by atoms with Gasteiger partial charge in [0.05, 0.1) is 16.5 Å². The van der Waals surface area contributed by atoms with Gasteiger partial charge in [-0.15, -0.1) is 0 Å². The van der Waals surface area contributed by atoms with Gasteiger partial charge in [0, 0.05) is 12.1 Å². The molecule has 0 saturated carbocycles. The molecule has 6 heteroatoms. The molecule has 6 nitrogen and oxygen atoms in total. The zero-order valence-corrected chi connectivity index (χ0v) is 13.4. The molecule has 0 aliphatic rings. The number of carboxylic acids is 1. The molecule has 2 aromatic carbocycles. The van der Waals surface area contributed by atoms with E-state index in [0.29, 0.717) is 16.7 Å². The van der Waals surface area contributed by atoms with Crippen LogP contribution in [0.25, 0.3) is 22.3 Å². The Hall–Kier alpha value is -2.99. The minimum Gasteiger partial charge on any atom is -0.478 e. The number of aromatic nitrogens is 2. The van der Waals surface area contributed by atoms with Crippen molar-refractivity contribution in [2.24, 2.45) is 0 Å². The molecule has 0 aliphatic heterocycles. The summed E-state index contributed by atoms with van der Waals surface area (Å²) in [6.45, 7) is 0.823. The smallest absolute Gasteiger partial charge is 0.335 e. The van der Waals surface area contributed by atoms with E-state index < -0.39 is 5.97 Å². The molecular formula is C18H17N3O3. The molecule has 0 amide bonds. The Balaban J connectivity index is 2.06. The minimum atomic E-state index is -1.05. The number of rotatable bonds is 4. The van der Waals surface area contributed by atoms with E-state index in [4.69, 9.17) is 5.11 Å². The number of H-pyrrole nitrogens is 1. The van der Waals surface area contributed by atoms with Gasteiger partial charge in [-0.1, -0.05) is 24.3 Å². The third-order valence-corrected chi connectivity index (χ3v) is 3.68. The molecule has 0 fully saturated rings. The normalized spacial score (nSPS) is 11.1. The predicted octanol–water partition coefficient (Wildman–Crippen LogP) is 2.35. The molecule has 1 aromatic heterocycles. The first-order valence-corrected chi connectivity index (χ1v) is 7.45. The van der Waals surface area contributed by atoms with E-state index in [1.165, 1.54) is 18.2 Å². The number of benzene rings is 2. The summed E-state index contributed by atoms with van der Waals surface area (Å²) >= 11 is 0. The Bertz CT molecular complexity index is 959. The lowest BCUT2D eigenvalue weighted by molar-refractivity contribution is 0.0697. The van der Waals surface area contributed by atoms with E-state index in [1.807, 2.05) is 38.4 Å². The van der Waals surface area contributed by atoms with Crippen molar-refractivity contribution in [3.63, 3.8) is 0 Å². The zero-order valence-electron chi connectivity index (χ0n) is 13.4. The van der Waals surface area contributed by atoms with E-state index in [1.54, 1.807) is 0 Å². The molecule has 24 heavy (non-hydrogen) atoms. The number of nitrogens with zero attached hydrogens (tertiary/aromatic N) is 2. The molecule has 0 atom stereocenters. The molecule has 3 rings (SSSR count). The predicted molar refractivity (Wildman–Crippen MR) is 92.2 cm³/mol. The van der Waals surface area contributed by atoms with Crippen LogP contribution in [-0.2, 0) is 6.54 Å². The fourth-order valence-corrected chi connectivity index (χ4v) is 2.54. The standard InChI is InChI=1S/C18H17N3O3/c1-21(2)10-11-3-5-12(6-4-11)16-19-15-9-13(18(23)24)7-8-14(15)17(22)20-16/h3-9H,10H2,1-2H3,(H,23,24)(H,19,20,22). The quantitative estimate of drug-likeness (QED) is 0.770. The first-order chi connectivity index (χ1) is 11.4. The van der Waals surface area contributed by atoms with Crippen molar-refractivity contribution in [3.8, 4) is 11.4 Å². The number of hydrogen-bond donors (Lipinski definition) is 2. The third-order valence-electron chi connectivity index (χ3n) is 3.68. The van der Waals surface area contributed by atoms with Crippen LogP contribution < -0.4 is 5.56 Å². The Morgan fingerprint density at radius 2 is 1.88 bits per heavy atom. The monoisotopic (exact) mass is 323 g/mol. The summed E-state index contributed by atoms with van der Waals surface area (Å²) in [5, 5.41) is 9.45.